The van der Waals surface area contributed by atoms with Gasteiger partial charge in [-0.2, -0.15) is 0 Å². The number of aryl methyl sites for hydroxylation is 1. The number of hydrogen-bond acceptors (Lipinski definition) is 5. The lowest BCUT2D eigenvalue weighted by atomic mass is 10.1. The molecule has 0 aliphatic rings. The Balaban J connectivity index is 2.13. The van der Waals surface area contributed by atoms with E-state index in [-0.39, 0.29) is 12.3 Å². The monoisotopic (exact) mass is 370 g/mol. The second-order valence-electron chi connectivity index (χ2n) is 4.32. The molecule has 5 nitrogen and oxygen atoms in total. The van der Waals surface area contributed by atoms with Crippen LogP contribution >= 0.6 is 27.3 Å². The van der Waals surface area contributed by atoms with Crippen LogP contribution in [0.15, 0.2) is 22.0 Å². The Morgan fingerprint density at radius 1 is 1.33 bits per heavy atom. The van der Waals surface area contributed by atoms with Crippen LogP contribution in [0.5, 0.6) is 11.5 Å². The Hall–Kier alpha value is -1.60. The highest BCUT2D eigenvalue weighted by atomic mass is 79.9. The van der Waals surface area contributed by atoms with Gasteiger partial charge in [-0.15, -0.1) is 11.3 Å². The van der Waals surface area contributed by atoms with Gasteiger partial charge in [0.1, 0.15) is 0 Å². The maximum Gasteiger partial charge on any atom is 0.230 e. The molecule has 21 heavy (non-hydrogen) atoms. The number of thiazole rings is 1. The van der Waals surface area contributed by atoms with Gasteiger partial charge in [-0.25, -0.2) is 4.98 Å². The summed E-state index contributed by atoms with van der Waals surface area (Å²) in [7, 11) is 3.13. The number of nitrogens with zero attached hydrogens (tertiary/aromatic N) is 1. The van der Waals surface area contributed by atoms with Crippen LogP contribution in [0, 0.1) is 6.92 Å². The van der Waals surface area contributed by atoms with Crippen LogP contribution in [-0.2, 0) is 11.2 Å². The highest BCUT2D eigenvalue weighted by Crippen LogP contribution is 2.33. The van der Waals surface area contributed by atoms with Crippen molar-refractivity contribution in [3.8, 4) is 11.5 Å². The molecule has 0 saturated carbocycles. The first kappa shape index (κ1) is 15.8. The summed E-state index contributed by atoms with van der Waals surface area (Å²) in [5.74, 6) is 1.08. The number of methoxy groups -OCH3 is 2. The molecular weight excluding hydrogens is 356 g/mol. The van der Waals surface area contributed by atoms with E-state index in [0.717, 1.165) is 15.7 Å². The zero-order chi connectivity index (χ0) is 15.4. The molecule has 1 N–H and O–H groups in total. The third kappa shape index (κ3) is 3.95. The molecule has 2 aromatic rings. The number of carbonyl (C=O) groups is 1. The summed E-state index contributed by atoms with van der Waals surface area (Å²) in [4.78, 5) is 16.3. The van der Waals surface area contributed by atoms with Gasteiger partial charge >= 0.3 is 0 Å². The van der Waals surface area contributed by atoms with E-state index in [9.17, 15) is 4.79 Å². The van der Waals surface area contributed by atoms with Crippen molar-refractivity contribution in [1.82, 2.24) is 4.98 Å². The Kier molecular flexibility index (Phi) is 5.19. The summed E-state index contributed by atoms with van der Waals surface area (Å²) in [5, 5.41) is 5.28. The van der Waals surface area contributed by atoms with E-state index in [4.69, 9.17) is 9.47 Å². The average molecular weight is 371 g/mol. The van der Waals surface area contributed by atoms with Crippen LogP contribution < -0.4 is 14.8 Å². The fourth-order valence-electron chi connectivity index (χ4n) is 1.78. The maximum atomic E-state index is 12.1. The van der Waals surface area contributed by atoms with E-state index in [1.54, 1.807) is 26.4 Å². The molecule has 0 radical (unpaired) electrons. The summed E-state index contributed by atoms with van der Waals surface area (Å²) >= 11 is 4.85. The van der Waals surface area contributed by atoms with Gasteiger partial charge in [-0.3, -0.25) is 4.79 Å². The molecule has 1 aromatic carbocycles. The van der Waals surface area contributed by atoms with Crippen LogP contribution in [0.2, 0.25) is 0 Å². The van der Waals surface area contributed by atoms with Gasteiger partial charge in [0.2, 0.25) is 5.91 Å². The van der Waals surface area contributed by atoms with Crippen LogP contribution in [0.25, 0.3) is 0 Å². The quantitative estimate of drug-likeness (QED) is 0.875. The summed E-state index contributed by atoms with van der Waals surface area (Å²) in [6.07, 6.45) is 0.222. The second kappa shape index (κ2) is 6.91. The molecule has 0 bridgehead atoms. The Morgan fingerprint density at radius 3 is 2.57 bits per heavy atom. The standard InChI is InChI=1S/C14H15BrN2O3S/c1-8-7-21-14(16-8)17-13(18)5-9-4-11(19-2)12(20-3)6-10(9)15/h4,6-7H,5H2,1-3H3,(H,16,17,18). The number of hydrogen-bond donors (Lipinski definition) is 1. The van der Waals surface area contributed by atoms with Crippen molar-refractivity contribution < 1.29 is 14.3 Å². The number of benzene rings is 1. The molecule has 0 saturated heterocycles. The molecule has 112 valence electrons. The molecule has 0 unspecified atom stereocenters. The Bertz CT molecular complexity index is 658. The predicted octanol–water partition coefficient (Wildman–Crippen LogP) is 3.41. The van der Waals surface area contributed by atoms with Crippen molar-refractivity contribution in [2.75, 3.05) is 19.5 Å². The summed E-state index contributed by atoms with van der Waals surface area (Å²) in [6, 6.07) is 3.57. The van der Waals surface area contributed by atoms with Crippen LogP contribution in [0.4, 0.5) is 5.13 Å². The number of halogens is 1. The first-order valence-corrected chi connectivity index (χ1v) is 7.83. The summed E-state index contributed by atoms with van der Waals surface area (Å²) < 4.78 is 11.3. The van der Waals surface area contributed by atoms with Gasteiger partial charge < -0.3 is 14.8 Å². The number of amides is 1. The van der Waals surface area contributed by atoms with Crippen molar-refractivity contribution in [2.24, 2.45) is 0 Å². The van der Waals surface area contributed by atoms with Gasteiger partial charge in [-0.05, 0) is 24.6 Å². The second-order valence-corrected chi connectivity index (χ2v) is 6.03. The molecule has 0 aliphatic carbocycles. The minimum absolute atomic E-state index is 0.128. The zero-order valence-electron chi connectivity index (χ0n) is 11.9. The number of carbonyl (C=O) groups excluding carboxylic acids is 1. The molecule has 1 aromatic heterocycles. The third-order valence-electron chi connectivity index (χ3n) is 2.77. The molecule has 0 aliphatic heterocycles. The van der Waals surface area contributed by atoms with Gasteiger partial charge in [-0.1, -0.05) is 15.9 Å². The summed E-state index contributed by atoms with van der Waals surface area (Å²) in [6.45, 7) is 1.89. The maximum absolute atomic E-state index is 12.1. The lowest BCUT2D eigenvalue weighted by Crippen LogP contribution is -2.14. The Labute approximate surface area is 135 Å². The Morgan fingerprint density at radius 2 is 2.00 bits per heavy atom. The van der Waals surface area contributed by atoms with Crippen molar-refractivity contribution in [3.63, 3.8) is 0 Å². The number of anilines is 1. The first-order chi connectivity index (χ1) is 10.0. The number of nitrogens with one attached hydrogen (secondary N) is 1. The molecular formula is C14H15BrN2O3S. The first-order valence-electron chi connectivity index (χ1n) is 6.16. The number of rotatable bonds is 5. The van der Waals surface area contributed by atoms with E-state index in [1.165, 1.54) is 11.3 Å². The highest BCUT2D eigenvalue weighted by molar-refractivity contribution is 9.10. The normalized spacial score (nSPS) is 10.3. The molecule has 0 atom stereocenters. The lowest BCUT2D eigenvalue weighted by molar-refractivity contribution is -0.115. The van der Waals surface area contributed by atoms with Gasteiger partial charge in [0, 0.05) is 9.85 Å². The lowest BCUT2D eigenvalue weighted by Gasteiger charge is -2.11. The fraction of sp³-hybridized carbons (Fsp3) is 0.286. The molecule has 0 fully saturated rings. The van der Waals surface area contributed by atoms with Crippen molar-refractivity contribution in [3.05, 3.63) is 33.2 Å². The average Bonchev–Trinajstić information content (AvgIpc) is 2.85. The van der Waals surface area contributed by atoms with Crippen LogP contribution in [0.1, 0.15) is 11.3 Å². The number of ether oxygens (including phenoxy) is 2. The minimum Gasteiger partial charge on any atom is -0.493 e. The summed E-state index contributed by atoms with van der Waals surface area (Å²) in [5.41, 5.74) is 1.71. The van der Waals surface area contributed by atoms with Gasteiger partial charge in [0.25, 0.3) is 0 Å². The smallest absolute Gasteiger partial charge is 0.230 e. The predicted molar refractivity (Wildman–Crippen MR) is 86.4 cm³/mol. The topological polar surface area (TPSA) is 60.5 Å². The minimum atomic E-state index is -0.128. The third-order valence-corrected chi connectivity index (χ3v) is 4.38. The number of aromatic nitrogens is 1. The highest BCUT2D eigenvalue weighted by Gasteiger charge is 2.13. The fourth-order valence-corrected chi connectivity index (χ4v) is 2.95. The molecule has 1 heterocycles. The van der Waals surface area contributed by atoms with Crippen LogP contribution in [-0.4, -0.2) is 25.1 Å². The molecule has 7 heteroatoms. The molecule has 0 spiro atoms. The molecule has 2 rings (SSSR count). The van der Waals surface area contributed by atoms with Crippen molar-refractivity contribution in [2.45, 2.75) is 13.3 Å². The van der Waals surface area contributed by atoms with Gasteiger partial charge in [0.05, 0.1) is 26.3 Å². The largest absolute Gasteiger partial charge is 0.493 e. The van der Waals surface area contributed by atoms with E-state index < -0.39 is 0 Å². The van der Waals surface area contributed by atoms with Crippen molar-refractivity contribution >= 4 is 38.3 Å². The molecule has 1 amide bonds. The van der Waals surface area contributed by atoms with E-state index in [0.29, 0.717) is 16.6 Å². The SMILES string of the molecule is COc1cc(Br)c(CC(=O)Nc2nc(C)cs2)cc1OC. The van der Waals surface area contributed by atoms with Crippen LogP contribution in [0.3, 0.4) is 0 Å². The van der Waals surface area contributed by atoms with Crippen molar-refractivity contribution in [1.29, 1.82) is 0 Å². The van der Waals surface area contributed by atoms with E-state index >= 15 is 0 Å². The van der Waals surface area contributed by atoms with Gasteiger partial charge in [0.15, 0.2) is 16.6 Å². The van der Waals surface area contributed by atoms with E-state index in [1.807, 2.05) is 12.3 Å². The van der Waals surface area contributed by atoms with E-state index in [2.05, 4.69) is 26.2 Å². The zero-order valence-corrected chi connectivity index (χ0v) is 14.3.